The predicted molar refractivity (Wildman–Crippen MR) is 94.4 cm³/mol. The quantitative estimate of drug-likeness (QED) is 0.683. The molecule has 0 unspecified atom stereocenters. The van der Waals surface area contributed by atoms with Crippen LogP contribution in [0.5, 0.6) is 0 Å². The Balaban J connectivity index is 1.60. The molecule has 4 rings (SSSR count). The van der Waals surface area contributed by atoms with Crippen molar-refractivity contribution >= 4 is 23.0 Å². The first kappa shape index (κ1) is 14.9. The summed E-state index contributed by atoms with van der Waals surface area (Å²) < 4.78 is 1.78. The van der Waals surface area contributed by atoms with Crippen LogP contribution in [0.3, 0.4) is 0 Å². The highest BCUT2D eigenvalue weighted by molar-refractivity contribution is 5.74. The van der Waals surface area contributed by atoms with Crippen LogP contribution >= 0.6 is 0 Å². The predicted octanol–water partition coefficient (Wildman–Crippen LogP) is 2.55. The Morgan fingerprint density at radius 3 is 2.71 bits per heavy atom. The van der Waals surface area contributed by atoms with Gasteiger partial charge in [-0.15, -0.1) is 5.10 Å². The highest BCUT2D eigenvalue weighted by Crippen LogP contribution is 2.25. The van der Waals surface area contributed by atoms with Crippen LogP contribution in [0.15, 0.2) is 42.9 Å². The van der Waals surface area contributed by atoms with E-state index < -0.39 is 0 Å². The van der Waals surface area contributed by atoms with E-state index in [1.807, 2.05) is 30.5 Å². The van der Waals surface area contributed by atoms with Gasteiger partial charge in [0.2, 0.25) is 0 Å². The number of fused-ring (bicyclic) bond motifs is 1. The molecule has 7 heteroatoms. The van der Waals surface area contributed by atoms with E-state index >= 15 is 0 Å². The standard InChI is InChI=1S/C17H21N7/c18-12-4-6-13(7-5-12)21-16-11-14(17-20-9-10-24(17)23-16)22-15-3-1-2-8-19-15/h1-3,8-13H,4-7,18H2,(H,19,22)(H,21,23). The van der Waals surface area contributed by atoms with Crippen molar-refractivity contribution in [3.8, 4) is 0 Å². The molecule has 0 radical (unpaired) electrons. The van der Waals surface area contributed by atoms with Crippen molar-refractivity contribution in [2.75, 3.05) is 10.6 Å². The first-order chi connectivity index (χ1) is 11.8. The molecule has 0 saturated heterocycles. The van der Waals surface area contributed by atoms with Crippen molar-refractivity contribution in [3.05, 3.63) is 42.9 Å². The maximum absolute atomic E-state index is 5.99. The molecule has 1 aliphatic rings. The van der Waals surface area contributed by atoms with E-state index in [-0.39, 0.29) is 0 Å². The summed E-state index contributed by atoms with van der Waals surface area (Å²) in [6, 6.07) is 8.52. The molecule has 0 spiro atoms. The molecule has 0 amide bonds. The molecule has 3 aromatic heterocycles. The molecular formula is C17H21N7. The molecule has 1 saturated carbocycles. The first-order valence-electron chi connectivity index (χ1n) is 8.32. The van der Waals surface area contributed by atoms with Crippen LogP contribution in [0.25, 0.3) is 5.65 Å². The lowest BCUT2D eigenvalue weighted by molar-refractivity contribution is 0.410. The third-order valence-electron chi connectivity index (χ3n) is 4.41. The number of aromatic nitrogens is 4. The minimum atomic E-state index is 0.341. The molecule has 124 valence electrons. The summed E-state index contributed by atoms with van der Waals surface area (Å²) >= 11 is 0. The smallest absolute Gasteiger partial charge is 0.177 e. The highest BCUT2D eigenvalue weighted by atomic mass is 15.3. The molecule has 4 N–H and O–H groups in total. The lowest BCUT2D eigenvalue weighted by Gasteiger charge is -2.27. The van der Waals surface area contributed by atoms with E-state index in [2.05, 4.69) is 25.7 Å². The van der Waals surface area contributed by atoms with E-state index in [4.69, 9.17) is 5.73 Å². The maximum Gasteiger partial charge on any atom is 0.177 e. The van der Waals surface area contributed by atoms with Gasteiger partial charge in [0.1, 0.15) is 11.6 Å². The van der Waals surface area contributed by atoms with Gasteiger partial charge >= 0.3 is 0 Å². The first-order valence-corrected chi connectivity index (χ1v) is 8.32. The van der Waals surface area contributed by atoms with Crippen molar-refractivity contribution in [1.82, 2.24) is 19.6 Å². The van der Waals surface area contributed by atoms with Crippen molar-refractivity contribution in [3.63, 3.8) is 0 Å². The van der Waals surface area contributed by atoms with Gasteiger partial charge in [-0.05, 0) is 37.8 Å². The lowest BCUT2D eigenvalue weighted by atomic mass is 9.92. The molecule has 24 heavy (non-hydrogen) atoms. The molecule has 3 heterocycles. The minimum Gasteiger partial charge on any atom is -0.366 e. The van der Waals surface area contributed by atoms with Gasteiger partial charge in [0.05, 0.1) is 5.69 Å². The fraction of sp³-hybridized carbons (Fsp3) is 0.353. The third kappa shape index (κ3) is 3.16. The van der Waals surface area contributed by atoms with Crippen LogP contribution in [0.2, 0.25) is 0 Å². The second-order valence-corrected chi connectivity index (χ2v) is 6.23. The van der Waals surface area contributed by atoms with Crippen molar-refractivity contribution in [2.24, 2.45) is 5.73 Å². The molecule has 7 nitrogen and oxygen atoms in total. The van der Waals surface area contributed by atoms with Crippen LogP contribution < -0.4 is 16.4 Å². The Kier molecular flexibility index (Phi) is 4.00. The molecule has 0 bridgehead atoms. The Morgan fingerprint density at radius 2 is 1.92 bits per heavy atom. The van der Waals surface area contributed by atoms with E-state index in [1.165, 1.54) is 0 Å². The zero-order chi connectivity index (χ0) is 16.4. The topological polar surface area (TPSA) is 93.2 Å². The third-order valence-corrected chi connectivity index (χ3v) is 4.41. The number of pyridine rings is 1. The summed E-state index contributed by atoms with van der Waals surface area (Å²) in [4.78, 5) is 8.69. The van der Waals surface area contributed by atoms with Crippen LogP contribution in [0, 0.1) is 0 Å². The summed E-state index contributed by atoms with van der Waals surface area (Å²) in [7, 11) is 0. The van der Waals surface area contributed by atoms with Gasteiger partial charge in [0.15, 0.2) is 5.65 Å². The number of nitrogens with two attached hydrogens (primary N) is 1. The number of rotatable bonds is 4. The Bertz CT molecular complexity index is 806. The second-order valence-electron chi connectivity index (χ2n) is 6.23. The van der Waals surface area contributed by atoms with E-state index in [9.17, 15) is 0 Å². The van der Waals surface area contributed by atoms with Gasteiger partial charge in [0.25, 0.3) is 0 Å². The largest absolute Gasteiger partial charge is 0.366 e. The molecule has 1 aliphatic carbocycles. The summed E-state index contributed by atoms with van der Waals surface area (Å²) in [5.41, 5.74) is 7.64. The normalized spacial score (nSPS) is 20.9. The van der Waals surface area contributed by atoms with Crippen molar-refractivity contribution in [2.45, 2.75) is 37.8 Å². The van der Waals surface area contributed by atoms with Crippen LogP contribution in [-0.2, 0) is 0 Å². The van der Waals surface area contributed by atoms with E-state index in [0.717, 1.165) is 48.7 Å². The highest BCUT2D eigenvalue weighted by Gasteiger charge is 2.19. The van der Waals surface area contributed by atoms with Gasteiger partial charge in [-0.25, -0.2) is 14.5 Å². The fourth-order valence-electron chi connectivity index (χ4n) is 3.13. The number of imidazole rings is 1. The summed E-state index contributed by atoms with van der Waals surface area (Å²) in [5, 5.41) is 11.5. The molecule has 0 aromatic carbocycles. The second kappa shape index (κ2) is 6.45. The summed E-state index contributed by atoms with van der Waals surface area (Å²) in [6.45, 7) is 0. The Hall–Kier alpha value is -2.67. The monoisotopic (exact) mass is 323 g/mol. The van der Waals surface area contributed by atoms with Crippen molar-refractivity contribution in [1.29, 1.82) is 0 Å². The molecule has 0 atom stereocenters. The zero-order valence-corrected chi connectivity index (χ0v) is 13.4. The summed E-state index contributed by atoms with van der Waals surface area (Å²) in [5.74, 6) is 1.61. The van der Waals surface area contributed by atoms with Gasteiger partial charge in [-0.2, -0.15) is 0 Å². The van der Waals surface area contributed by atoms with Gasteiger partial charge in [0, 0.05) is 36.7 Å². The number of anilines is 3. The van der Waals surface area contributed by atoms with Gasteiger partial charge in [-0.3, -0.25) is 0 Å². The number of nitrogens with one attached hydrogen (secondary N) is 2. The SMILES string of the molecule is NC1CCC(Nc2cc(Nc3ccccn3)c3nccn3n2)CC1. The molecule has 0 aliphatic heterocycles. The van der Waals surface area contributed by atoms with Crippen LogP contribution in [-0.4, -0.2) is 31.7 Å². The van der Waals surface area contributed by atoms with Gasteiger partial charge < -0.3 is 16.4 Å². The molecular weight excluding hydrogens is 302 g/mol. The van der Waals surface area contributed by atoms with Crippen molar-refractivity contribution < 1.29 is 0 Å². The Labute approximate surface area is 140 Å². The Morgan fingerprint density at radius 1 is 1.04 bits per heavy atom. The maximum atomic E-state index is 5.99. The number of nitrogens with zero attached hydrogens (tertiary/aromatic N) is 4. The number of hydrogen-bond donors (Lipinski definition) is 3. The lowest BCUT2D eigenvalue weighted by Crippen LogP contribution is -2.33. The van der Waals surface area contributed by atoms with Crippen LogP contribution in [0.4, 0.5) is 17.3 Å². The zero-order valence-electron chi connectivity index (χ0n) is 13.4. The number of hydrogen-bond acceptors (Lipinski definition) is 6. The molecule has 1 fully saturated rings. The summed E-state index contributed by atoms with van der Waals surface area (Å²) in [6.07, 6.45) is 9.63. The van der Waals surface area contributed by atoms with Gasteiger partial charge in [-0.1, -0.05) is 6.07 Å². The average Bonchev–Trinajstić information content (AvgIpc) is 3.07. The van der Waals surface area contributed by atoms with E-state index in [1.54, 1.807) is 16.9 Å². The molecule has 3 aromatic rings. The minimum absolute atomic E-state index is 0.341. The van der Waals surface area contributed by atoms with Crippen LogP contribution in [0.1, 0.15) is 25.7 Å². The van der Waals surface area contributed by atoms with E-state index in [0.29, 0.717) is 12.1 Å². The average molecular weight is 323 g/mol. The fourth-order valence-corrected chi connectivity index (χ4v) is 3.13.